The van der Waals surface area contributed by atoms with Gasteiger partial charge in [0.2, 0.25) is 5.91 Å². The zero-order valence-corrected chi connectivity index (χ0v) is 11.4. The largest absolute Gasteiger partial charge is 0.420 e. The van der Waals surface area contributed by atoms with Crippen molar-refractivity contribution in [2.75, 3.05) is 5.32 Å². The van der Waals surface area contributed by atoms with Crippen molar-refractivity contribution >= 4 is 33.5 Å². The molecule has 0 spiro atoms. The summed E-state index contributed by atoms with van der Waals surface area (Å²) in [5, 5.41) is 3.37. The van der Waals surface area contributed by atoms with E-state index in [4.69, 9.17) is 4.42 Å². The molecule has 1 amide bonds. The Morgan fingerprint density at radius 3 is 3.00 bits per heavy atom. The summed E-state index contributed by atoms with van der Waals surface area (Å²) in [7, 11) is 0. The van der Waals surface area contributed by atoms with Gasteiger partial charge < -0.3 is 9.73 Å². The molecule has 0 bridgehead atoms. The van der Waals surface area contributed by atoms with Crippen molar-refractivity contribution in [1.29, 1.82) is 0 Å². The standard InChI is InChI=1S/C13H11N3O3S/c1-8-6-12(20-15-8)14-11(17)7-16-9-4-2-3-5-10(9)19-13(16)18/h2-6H,7H2,1H3,(H,14,17). The average Bonchev–Trinajstić information content (AvgIpc) is 2.94. The minimum absolute atomic E-state index is 0.0905. The molecule has 0 fully saturated rings. The highest BCUT2D eigenvalue weighted by Gasteiger charge is 2.12. The first kappa shape index (κ1) is 12.6. The number of carbonyl (C=O) groups excluding carboxylic acids is 1. The summed E-state index contributed by atoms with van der Waals surface area (Å²) in [4.78, 5) is 23.7. The molecule has 20 heavy (non-hydrogen) atoms. The molecule has 0 saturated heterocycles. The van der Waals surface area contributed by atoms with Gasteiger partial charge in [-0.3, -0.25) is 9.36 Å². The number of hydrogen-bond acceptors (Lipinski definition) is 5. The van der Waals surface area contributed by atoms with E-state index < -0.39 is 5.76 Å². The second-order valence-corrected chi connectivity index (χ2v) is 5.11. The van der Waals surface area contributed by atoms with Gasteiger partial charge in [-0.1, -0.05) is 12.1 Å². The normalized spacial score (nSPS) is 10.8. The minimum Gasteiger partial charge on any atom is -0.408 e. The highest BCUT2D eigenvalue weighted by molar-refractivity contribution is 7.10. The van der Waals surface area contributed by atoms with E-state index in [1.165, 1.54) is 16.1 Å². The Kier molecular flexibility index (Phi) is 3.11. The summed E-state index contributed by atoms with van der Waals surface area (Å²) in [5.41, 5.74) is 1.92. The molecule has 0 radical (unpaired) electrons. The predicted molar refractivity (Wildman–Crippen MR) is 76.0 cm³/mol. The second kappa shape index (κ2) is 4.93. The molecule has 1 aromatic carbocycles. The van der Waals surface area contributed by atoms with Crippen LogP contribution < -0.4 is 11.1 Å². The molecular weight excluding hydrogens is 278 g/mol. The van der Waals surface area contributed by atoms with Crippen LogP contribution in [0.2, 0.25) is 0 Å². The smallest absolute Gasteiger partial charge is 0.408 e. The van der Waals surface area contributed by atoms with Gasteiger partial charge in [-0.2, -0.15) is 4.37 Å². The van der Waals surface area contributed by atoms with Crippen LogP contribution in [0.15, 0.2) is 39.5 Å². The zero-order chi connectivity index (χ0) is 14.1. The molecule has 2 aromatic heterocycles. The van der Waals surface area contributed by atoms with Crippen molar-refractivity contribution in [3.63, 3.8) is 0 Å². The Morgan fingerprint density at radius 1 is 1.45 bits per heavy atom. The number of fused-ring (bicyclic) bond motifs is 1. The van der Waals surface area contributed by atoms with E-state index in [1.807, 2.05) is 6.92 Å². The molecule has 6 nitrogen and oxygen atoms in total. The number of aromatic nitrogens is 2. The lowest BCUT2D eigenvalue weighted by Gasteiger charge is -2.02. The number of nitrogens with zero attached hydrogens (tertiary/aromatic N) is 2. The van der Waals surface area contributed by atoms with Crippen LogP contribution in [0.1, 0.15) is 5.69 Å². The summed E-state index contributed by atoms with van der Waals surface area (Å²) in [5.74, 6) is -0.830. The van der Waals surface area contributed by atoms with Crippen molar-refractivity contribution < 1.29 is 9.21 Å². The molecule has 0 aliphatic carbocycles. The minimum atomic E-state index is -0.540. The zero-order valence-electron chi connectivity index (χ0n) is 10.6. The van der Waals surface area contributed by atoms with E-state index in [0.29, 0.717) is 16.1 Å². The van der Waals surface area contributed by atoms with E-state index in [1.54, 1.807) is 30.3 Å². The van der Waals surface area contributed by atoms with E-state index >= 15 is 0 Å². The molecule has 0 aliphatic rings. The predicted octanol–water partition coefficient (Wildman–Crippen LogP) is 2.00. The highest BCUT2D eigenvalue weighted by Crippen LogP contribution is 2.16. The fourth-order valence-electron chi connectivity index (χ4n) is 1.91. The summed E-state index contributed by atoms with van der Waals surface area (Å²) < 4.78 is 10.5. The number of oxazole rings is 1. The molecule has 0 unspecified atom stereocenters. The van der Waals surface area contributed by atoms with Gasteiger partial charge in [-0.25, -0.2) is 4.79 Å². The van der Waals surface area contributed by atoms with E-state index in [2.05, 4.69) is 9.69 Å². The number of para-hydroxylation sites is 2. The van der Waals surface area contributed by atoms with Crippen LogP contribution in [-0.2, 0) is 11.3 Å². The number of rotatable bonds is 3. The van der Waals surface area contributed by atoms with Gasteiger partial charge >= 0.3 is 5.76 Å². The summed E-state index contributed by atoms with van der Waals surface area (Å²) >= 11 is 1.21. The number of hydrogen-bond donors (Lipinski definition) is 1. The number of aryl methyl sites for hydroxylation is 1. The SMILES string of the molecule is Cc1cc(NC(=O)Cn2c(=O)oc3ccccc32)sn1. The fraction of sp³-hybridized carbons (Fsp3) is 0.154. The van der Waals surface area contributed by atoms with Gasteiger partial charge in [0.1, 0.15) is 11.5 Å². The summed E-state index contributed by atoms with van der Waals surface area (Å²) in [6, 6.07) is 8.77. The third kappa shape index (κ3) is 2.35. The maximum atomic E-state index is 12.0. The molecule has 7 heteroatoms. The molecule has 102 valence electrons. The van der Waals surface area contributed by atoms with E-state index in [-0.39, 0.29) is 12.5 Å². The van der Waals surface area contributed by atoms with E-state index in [9.17, 15) is 9.59 Å². The van der Waals surface area contributed by atoms with Crippen LogP contribution in [-0.4, -0.2) is 14.8 Å². The molecule has 0 saturated carbocycles. The fourth-order valence-corrected chi connectivity index (χ4v) is 2.58. The van der Waals surface area contributed by atoms with Gasteiger partial charge in [0.15, 0.2) is 5.58 Å². The molecule has 2 heterocycles. The maximum Gasteiger partial charge on any atom is 0.420 e. The van der Waals surface area contributed by atoms with Crippen LogP contribution in [0.4, 0.5) is 5.00 Å². The van der Waals surface area contributed by atoms with Crippen LogP contribution in [0.3, 0.4) is 0 Å². The monoisotopic (exact) mass is 289 g/mol. The molecular formula is C13H11N3O3S. The van der Waals surface area contributed by atoms with Crippen molar-refractivity contribution in [2.24, 2.45) is 0 Å². The van der Waals surface area contributed by atoms with Crippen LogP contribution in [0.5, 0.6) is 0 Å². The first-order valence-corrected chi connectivity index (χ1v) is 6.72. The van der Waals surface area contributed by atoms with Crippen molar-refractivity contribution in [2.45, 2.75) is 13.5 Å². The van der Waals surface area contributed by atoms with Gasteiger partial charge in [0.25, 0.3) is 0 Å². The van der Waals surface area contributed by atoms with Gasteiger partial charge in [-0.15, -0.1) is 0 Å². The third-order valence-corrected chi connectivity index (χ3v) is 3.56. The second-order valence-electron chi connectivity index (χ2n) is 4.30. The van der Waals surface area contributed by atoms with Crippen molar-refractivity contribution in [3.8, 4) is 0 Å². The van der Waals surface area contributed by atoms with Crippen LogP contribution in [0, 0.1) is 6.92 Å². The first-order chi connectivity index (χ1) is 9.63. The number of amides is 1. The Hall–Kier alpha value is -2.41. The van der Waals surface area contributed by atoms with Gasteiger partial charge in [0.05, 0.1) is 11.2 Å². The van der Waals surface area contributed by atoms with E-state index in [0.717, 1.165) is 5.69 Å². The molecule has 0 atom stereocenters. The Balaban J connectivity index is 1.84. The molecule has 1 N–H and O–H groups in total. The number of benzene rings is 1. The third-order valence-electron chi connectivity index (χ3n) is 2.77. The highest BCUT2D eigenvalue weighted by atomic mass is 32.1. The van der Waals surface area contributed by atoms with Crippen LogP contribution >= 0.6 is 11.5 Å². The lowest BCUT2D eigenvalue weighted by atomic mass is 10.3. The summed E-state index contributed by atoms with van der Waals surface area (Å²) in [6.07, 6.45) is 0. The number of nitrogens with one attached hydrogen (secondary N) is 1. The Morgan fingerprint density at radius 2 is 2.25 bits per heavy atom. The Labute approximate surface area is 117 Å². The number of carbonyl (C=O) groups is 1. The average molecular weight is 289 g/mol. The summed E-state index contributed by atoms with van der Waals surface area (Å²) in [6.45, 7) is 1.76. The first-order valence-electron chi connectivity index (χ1n) is 5.95. The maximum absolute atomic E-state index is 12.0. The van der Waals surface area contributed by atoms with Crippen molar-refractivity contribution in [1.82, 2.24) is 8.94 Å². The molecule has 3 aromatic rings. The lowest BCUT2D eigenvalue weighted by Crippen LogP contribution is -2.24. The van der Waals surface area contributed by atoms with Gasteiger partial charge in [0, 0.05) is 0 Å². The molecule has 0 aliphatic heterocycles. The lowest BCUT2D eigenvalue weighted by molar-refractivity contribution is -0.116. The van der Waals surface area contributed by atoms with Gasteiger partial charge in [-0.05, 0) is 36.7 Å². The molecule has 3 rings (SSSR count). The topological polar surface area (TPSA) is 77.1 Å². The number of anilines is 1. The Bertz CT molecular complexity index is 831. The van der Waals surface area contributed by atoms with Crippen molar-refractivity contribution in [3.05, 3.63) is 46.6 Å². The van der Waals surface area contributed by atoms with Crippen LogP contribution in [0.25, 0.3) is 11.1 Å². The quantitative estimate of drug-likeness (QED) is 0.800.